The summed E-state index contributed by atoms with van der Waals surface area (Å²) in [6.45, 7) is 5.87. The third kappa shape index (κ3) is 3.27. The molecule has 2 heterocycles. The second-order valence-corrected chi connectivity index (χ2v) is 7.09. The van der Waals surface area contributed by atoms with E-state index in [4.69, 9.17) is 0 Å². The van der Waals surface area contributed by atoms with Crippen LogP contribution in [0.15, 0.2) is 53.5 Å². The van der Waals surface area contributed by atoms with Crippen LogP contribution < -0.4 is 10.9 Å². The number of nitrogens with zero attached hydrogens (tertiary/aromatic N) is 2. The second kappa shape index (κ2) is 6.94. The van der Waals surface area contributed by atoms with Crippen molar-refractivity contribution in [1.29, 1.82) is 0 Å². The molecule has 146 valence electrons. The van der Waals surface area contributed by atoms with Crippen molar-refractivity contribution in [2.24, 2.45) is 0 Å². The molecule has 7 nitrogen and oxygen atoms in total. The predicted octanol–water partition coefficient (Wildman–Crippen LogP) is 3.60. The summed E-state index contributed by atoms with van der Waals surface area (Å²) in [5.74, 6) is -1.08. The zero-order valence-corrected chi connectivity index (χ0v) is 16.3. The lowest BCUT2D eigenvalue weighted by molar-refractivity contribution is 0.102. The van der Waals surface area contributed by atoms with Crippen molar-refractivity contribution in [2.45, 2.75) is 20.8 Å². The molecule has 1 amide bonds. The molecule has 2 aromatic heterocycles. The average Bonchev–Trinajstić information content (AvgIpc) is 3.09. The minimum absolute atomic E-state index is 0.287. The molecule has 0 atom stereocenters. The van der Waals surface area contributed by atoms with E-state index < -0.39 is 17.2 Å². The molecule has 0 radical (unpaired) electrons. The molecular formula is C22H20N4O3. The number of aromatic hydroxyl groups is 1. The van der Waals surface area contributed by atoms with Crippen LogP contribution in [0.4, 0.5) is 5.69 Å². The number of aromatic nitrogens is 3. The summed E-state index contributed by atoms with van der Waals surface area (Å²) in [6, 6.07) is 13.0. The quantitative estimate of drug-likeness (QED) is 0.499. The molecule has 4 aromatic rings. The Bertz CT molecular complexity index is 1300. The number of fused-ring (bicyclic) bond motifs is 1. The first-order chi connectivity index (χ1) is 13.8. The number of hydrogen-bond donors (Lipinski definition) is 3. The van der Waals surface area contributed by atoms with Crippen molar-refractivity contribution in [3.8, 4) is 11.4 Å². The Morgan fingerprint density at radius 3 is 2.48 bits per heavy atom. The number of rotatable bonds is 3. The predicted molar refractivity (Wildman–Crippen MR) is 112 cm³/mol. The van der Waals surface area contributed by atoms with Gasteiger partial charge in [0.25, 0.3) is 11.5 Å². The fourth-order valence-electron chi connectivity index (χ4n) is 3.16. The Balaban J connectivity index is 1.76. The minimum Gasteiger partial charge on any atom is -0.506 e. The van der Waals surface area contributed by atoms with Crippen molar-refractivity contribution >= 4 is 22.6 Å². The molecule has 0 bridgehead atoms. The van der Waals surface area contributed by atoms with Gasteiger partial charge in [-0.3, -0.25) is 9.59 Å². The highest BCUT2D eigenvalue weighted by molar-refractivity contribution is 6.08. The molecule has 0 unspecified atom stereocenters. The van der Waals surface area contributed by atoms with Gasteiger partial charge in [-0.1, -0.05) is 23.8 Å². The van der Waals surface area contributed by atoms with E-state index in [0.29, 0.717) is 11.3 Å². The second-order valence-electron chi connectivity index (χ2n) is 7.09. The van der Waals surface area contributed by atoms with E-state index in [9.17, 15) is 14.7 Å². The molecule has 0 aliphatic carbocycles. The van der Waals surface area contributed by atoms with Crippen LogP contribution in [0, 0.1) is 20.8 Å². The highest BCUT2D eigenvalue weighted by Gasteiger charge is 2.22. The molecule has 0 saturated carbocycles. The largest absolute Gasteiger partial charge is 0.506 e. The van der Waals surface area contributed by atoms with Gasteiger partial charge in [0.1, 0.15) is 17.0 Å². The van der Waals surface area contributed by atoms with Crippen LogP contribution in [0.2, 0.25) is 0 Å². The number of pyridine rings is 1. The van der Waals surface area contributed by atoms with E-state index in [-0.39, 0.29) is 10.9 Å². The van der Waals surface area contributed by atoms with Crippen molar-refractivity contribution in [2.75, 3.05) is 5.32 Å². The first-order valence-electron chi connectivity index (χ1n) is 9.14. The lowest BCUT2D eigenvalue weighted by Gasteiger charge is -2.09. The first-order valence-corrected chi connectivity index (χ1v) is 9.14. The number of benzene rings is 2. The maximum absolute atomic E-state index is 12.7. The smallest absolute Gasteiger partial charge is 0.266 e. The third-order valence-electron chi connectivity index (χ3n) is 4.99. The van der Waals surface area contributed by atoms with E-state index in [1.807, 2.05) is 57.2 Å². The molecular weight excluding hydrogens is 368 g/mol. The third-order valence-corrected chi connectivity index (χ3v) is 4.99. The van der Waals surface area contributed by atoms with Gasteiger partial charge in [-0.15, -0.1) is 0 Å². The van der Waals surface area contributed by atoms with Gasteiger partial charge in [0.15, 0.2) is 0 Å². The Kier molecular flexibility index (Phi) is 4.43. The molecule has 0 aliphatic heterocycles. The van der Waals surface area contributed by atoms with Gasteiger partial charge in [-0.2, -0.15) is 5.10 Å². The summed E-state index contributed by atoms with van der Waals surface area (Å²) < 4.78 is 1.51. The fraction of sp³-hybridized carbons (Fsp3) is 0.136. The number of amides is 1. The van der Waals surface area contributed by atoms with Crippen LogP contribution in [0.3, 0.4) is 0 Å². The molecule has 3 N–H and O–H groups in total. The molecule has 2 aromatic carbocycles. The maximum atomic E-state index is 12.7. The van der Waals surface area contributed by atoms with Crippen LogP contribution in [0.1, 0.15) is 27.0 Å². The van der Waals surface area contributed by atoms with Gasteiger partial charge in [0.2, 0.25) is 0 Å². The van der Waals surface area contributed by atoms with Crippen LogP contribution >= 0.6 is 0 Å². The van der Waals surface area contributed by atoms with E-state index in [0.717, 1.165) is 22.4 Å². The normalized spacial score (nSPS) is 11.0. The van der Waals surface area contributed by atoms with Gasteiger partial charge in [-0.25, -0.2) is 4.68 Å². The molecule has 4 rings (SSSR count). The minimum atomic E-state index is -0.690. The van der Waals surface area contributed by atoms with Crippen LogP contribution in [-0.4, -0.2) is 25.8 Å². The summed E-state index contributed by atoms with van der Waals surface area (Å²) in [5.41, 5.74) is 3.75. The van der Waals surface area contributed by atoms with Crippen molar-refractivity contribution in [1.82, 2.24) is 14.8 Å². The zero-order valence-electron chi connectivity index (χ0n) is 16.3. The van der Waals surface area contributed by atoms with Gasteiger partial charge in [-0.05, 0) is 56.2 Å². The van der Waals surface area contributed by atoms with Crippen LogP contribution in [0.25, 0.3) is 16.7 Å². The Morgan fingerprint density at radius 2 is 1.79 bits per heavy atom. The number of anilines is 1. The average molecular weight is 388 g/mol. The number of hydrogen-bond acceptors (Lipinski definition) is 4. The van der Waals surface area contributed by atoms with Gasteiger partial charge < -0.3 is 15.4 Å². The standard InChI is InChI=1S/C22H20N4O3/c1-12-4-8-16(9-5-12)26-20-17(11-23-26)19(27)18(22(29)25-20)21(28)24-15-7-6-13(2)14(3)10-15/h4-11H,1-3H3,(H,24,28)(H2,25,27,29). The van der Waals surface area contributed by atoms with Crippen LogP contribution in [-0.2, 0) is 0 Å². The van der Waals surface area contributed by atoms with Crippen LogP contribution in [0.5, 0.6) is 5.75 Å². The van der Waals surface area contributed by atoms with Crippen molar-refractivity contribution in [3.63, 3.8) is 0 Å². The highest BCUT2D eigenvalue weighted by atomic mass is 16.3. The van der Waals surface area contributed by atoms with E-state index >= 15 is 0 Å². The number of H-pyrrole nitrogens is 1. The highest BCUT2D eigenvalue weighted by Crippen LogP contribution is 2.27. The Labute approximate surface area is 166 Å². The summed E-state index contributed by atoms with van der Waals surface area (Å²) in [4.78, 5) is 28.0. The maximum Gasteiger partial charge on any atom is 0.266 e. The molecule has 0 aliphatic rings. The molecule has 7 heteroatoms. The molecule has 0 saturated heterocycles. The lowest BCUT2D eigenvalue weighted by atomic mass is 10.1. The van der Waals surface area contributed by atoms with E-state index in [1.54, 1.807) is 6.07 Å². The number of carbonyl (C=O) groups excluding carboxylic acids is 1. The van der Waals surface area contributed by atoms with E-state index in [2.05, 4.69) is 15.4 Å². The Hall–Kier alpha value is -3.87. The van der Waals surface area contributed by atoms with Gasteiger partial charge in [0, 0.05) is 5.69 Å². The number of aryl methyl sites for hydroxylation is 3. The summed E-state index contributed by atoms with van der Waals surface area (Å²) in [6.07, 6.45) is 1.42. The Morgan fingerprint density at radius 1 is 1.07 bits per heavy atom. The lowest BCUT2D eigenvalue weighted by Crippen LogP contribution is -2.23. The topological polar surface area (TPSA) is 100 Å². The van der Waals surface area contributed by atoms with Crippen molar-refractivity contribution in [3.05, 3.63) is 81.3 Å². The summed E-state index contributed by atoms with van der Waals surface area (Å²) in [5, 5.41) is 17.9. The number of aromatic amines is 1. The zero-order chi connectivity index (χ0) is 20.7. The van der Waals surface area contributed by atoms with Crippen molar-refractivity contribution < 1.29 is 9.90 Å². The summed E-state index contributed by atoms with van der Waals surface area (Å²) in [7, 11) is 0. The molecule has 0 spiro atoms. The van der Waals surface area contributed by atoms with E-state index in [1.165, 1.54) is 10.9 Å². The molecule has 0 fully saturated rings. The van der Waals surface area contributed by atoms with Gasteiger partial charge >= 0.3 is 0 Å². The SMILES string of the molecule is Cc1ccc(-n2ncc3c(O)c(C(=O)Nc4ccc(C)c(C)c4)c(=O)[nH]c32)cc1. The number of nitrogens with one attached hydrogen (secondary N) is 2. The molecule has 29 heavy (non-hydrogen) atoms. The fourth-order valence-corrected chi connectivity index (χ4v) is 3.16. The monoisotopic (exact) mass is 388 g/mol. The van der Waals surface area contributed by atoms with Gasteiger partial charge in [0.05, 0.1) is 17.3 Å². The first kappa shape index (κ1) is 18.5. The summed E-state index contributed by atoms with van der Waals surface area (Å²) >= 11 is 0. The number of carbonyl (C=O) groups is 1.